The Morgan fingerprint density at radius 3 is 2.05 bits per heavy atom. The first kappa shape index (κ1) is 18.3. The van der Waals surface area contributed by atoms with E-state index in [2.05, 4.69) is 5.32 Å². The van der Waals surface area contributed by atoms with Crippen LogP contribution in [0.5, 0.6) is 11.5 Å². The molecule has 1 amide bonds. The number of likely N-dealkylation sites (N-methyl/N-ethyl adjacent to an activating group) is 1. The molecule has 2 aromatic carbocycles. The van der Waals surface area contributed by atoms with E-state index in [-0.39, 0.29) is 18.3 Å². The number of rotatable bonds is 5. The predicted octanol–water partition coefficient (Wildman–Crippen LogP) is 0.636. The summed E-state index contributed by atoms with van der Waals surface area (Å²) in [4.78, 5) is 13.4. The van der Waals surface area contributed by atoms with E-state index < -0.39 is 0 Å². The van der Waals surface area contributed by atoms with Crippen LogP contribution in [0.2, 0.25) is 5.02 Å². The van der Waals surface area contributed by atoms with Crippen LogP contribution in [0.3, 0.4) is 0 Å². The van der Waals surface area contributed by atoms with E-state index >= 15 is 0 Å². The lowest BCUT2D eigenvalue weighted by atomic mass is 10.3. The Morgan fingerprint density at radius 1 is 1.05 bits per heavy atom. The number of benzene rings is 2. The molecule has 2 aromatic rings. The van der Waals surface area contributed by atoms with Gasteiger partial charge in [-0.05, 0) is 62.6 Å². The van der Waals surface area contributed by atoms with E-state index in [1.165, 1.54) is 0 Å². The van der Waals surface area contributed by atoms with Crippen molar-refractivity contribution >= 4 is 23.2 Å². The van der Waals surface area contributed by atoms with Crippen LogP contribution in [-0.2, 0) is 4.79 Å². The summed E-state index contributed by atoms with van der Waals surface area (Å²) in [6.07, 6.45) is 0. The highest BCUT2D eigenvalue weighted by atomic mass is 35.5. The van der Waals surface area contributed by atoms with E-state index in [0.717, 1.165) is 5.69 Å². The van der Waals surface area contributed by atoms with Crippen LogP contribution >= 0.6 is 11.6 Å². The van der Waals surface area contributed by atoms with Crippen molar-refractivity contribution in [3.63, 3.8) is 0 Å². The minimum absolute atomic E-state index is 0. The highest BCUT2D eigenvalue weighted by molar-refractivity contribution is 6.30. The molecule has 0 heterocycles. The first-order chi connectivity index (χ1) is 10.0. The molecule has 0 aliphatic heterocycles. The molecular weight excluding hydrogens is 323 g/mol. The summed E-state index contributed by atoms with van der Waals surface area (Å²) >= 11 is 5.82. The number of anilines is 1. The number of carbonyl (C=O) groups is 1. The fraction of sp³-hybridized carbons (Fsp3) is 0.188. The van der Waals surface area contributed by atoms with Gasteiger partial charge in [0, 0.05) is 10.7 Å². The standard InChI is InChI=1S/C16H17ClN2O2.ClH/c1-19(2)11-16(20)18-13-5-9-15(10-6-13)21-14-7-3-12(17)4-8-14;/h3-10H,11H2,1-2H3,(H,18,20);1H/p-1. The van der Waals surface area contributed by atoms with Crippen molar-refractivity contribution in [1.29, 1.82) is 0 Å². The van der Waals surface area contributed by atoms with Crippen LogP contribution < -0.4 is 22.5 Å². The molecular formula is C16H17Cl2N2O2-. The minimum atomic E-state index is -0.0497. The molecule has 0 unspecified atom stereocenters. The van der Waals surface area contributed by atoms with E-state index in [9.17, 15) is 4.79 Å². The maximum atomic E-state index is 11.6. The highest BCUT2D eigenvalue weighted by Crippen LogP contribution is 2.24. The van der Waals surface area contributed by atoms with Gasteiger partial charge in [-0.3, -0.25) is 4.79 Å². The average molecular weight is 340 g/mol. The van der Waals surface area contributed by atoms with Gasteiger partial charge in [0.1, 0.15) is 11.5 Å². The smallest absolute Gasteiger partial charge is 0.238 e. The Morgan fingerprint density at radius 2 is 1.55 bits per heavy atom. The van der Waals surface area contributed by atoms with E-state index in [0.29, 0.717) is 23.1 Å². The lowest BCUT2D eigenvalue weighted by molar-refractivity contribution is -0.116. The molecule has 6 heteroatoms. The second kappa shape index (κ2) is 8.63. The molecule has 0 saturated heterocycles. The molecule has 4 nitrogen and oxygen atoms in total. The monoisotopic (exact) mass is 339 g/mol. The summed E-state index contributed by atoms with van der Waals surface area (Å²) in [5.74, 6) is 1.36. The Kier molecular flexibility index (Phi) is 7.18. The number of hydrogen-bond donors (Lipinski definition) is 1. The van der Waals surface area contributed by atoms with Crippen LogP contribution in [0.4, 0.5) is 5.69 Å². The van der Waals surface area contributed by atoms with Gasteiger partial charge in [-0.2, -0.15) is 0 Å². The average Bonchev–Trinajstić information content (AvgIpc) is 2.42. The van der Waals surface area contributed by atoms with Gasteiger partial charge < -0.3 is 27.4 Å². The van der Waals surface area contributed by atoms with Crippen LogP contribution in [0.25, 0.3) is 0 Å². The van der Waals surface area contributed by atoms with Gasteiger partial charge in [-0.15, -0.1) is 0 Å². The Hall–Kier alpha value is -1.75. The minimum Gasteiger partial charge on any atom is -1.00 e. The van der Waals surface area contributed by atoms with E-state index in [4.69, 9.17) is 16.3 Å². The maximum Gasteiger partial charge on any atom is 0.238 e. The number of carbonyl (C=O) groups excluding carboxylic acids is 1. The Labute approximate surface area is 141 Å². The Bertz CT molecular complexity index is 599. The fourth-order valence-electron chi connectivity index (χ4n) is 1.73. The molecule has 0 aliphatic rings. The molecule has 2 rings (SSSR count). The van der Waals surface area contributed by atoms with Gasteiger partial charge in [-0.25, -0.2) is 0 Å². The number of halogens is 2. The molecule has 22 heavy (non-hydrogen) atoms. The van der Waals surface area contributed by atoms with Crippen molar-refractivity contribution < 1.29 is 21.9 Å². The van der Waals surface area contributed by atoms with Gasteiger partial charge in [-0.1, -0.05) is 11.6 Å². The zero-order valence-electron chi connectivity index (χ0n) is 12.3. The summed E-state index contributed by atoms with van der Waals surface area (Å²) in [7, 11) is 3.70. The van der Waals surface area contributed by atoms with Crippen LogP contribution in [-0.4, -0.2) is 31.4 Å². The third-order valence-electron chi connectivity index (χ3n) is 2.65. The lowest BCUT2D eigenvalue weighted by Gasteiger charge is -2.11. The first-order valence-corrected chi connectivity index (χ1v) is 6.89. The number of hydrogen-bond acceptors (Lipinski definition) is 3. The molecule has 0 radical (unpaired) electrons. The van der Waals surface area contributed by atoms with Crippen molar-refractivity contribution in [2.24, 2.45) is 0 Å². The fourth-order valence-corrected chi connectivity index (χ4v) is 1.86. The topological polar surface area (TPSA) is 41.6 Å². The molecule has 0 aromatic heterocycles. The quantitative estimate of drug-likeness (QED) is 0.869. The third-order valence-corrected chi connectivity index (χ3v) is 2.90. The normalized spacial score (nSPS) is 10.0. The summed E-state index contributed by atoms with van der Waals surface area (Å²) in [6.45, 7) is 0.350. The maximum absolute atomic E-state index is 11.6. The third kappa shape index (κ3) is 5.93. The van der Waals surface area contributed by atoms with Gasteiger partial charge in [0.05, 0.1) is 6.54 Å². The first-order valence-electron chi connectivity index (χ1n) is 6.51. The number of ether oxygens (including phenoxy) is 1. The molecule has 0 spiro atoms. The molecule has 0 atom stereocenters. The zero-order valence-corrected chi connectivity index (χ0v) is 13.9. The zero-order chi connectivity index (χ0) is 15.2. The summed E-state index contributed by atoms with van der Waals surface area (Å²) in [5, 5.41) is 3.49. The summed E-state index contributed by atoms with van der Waals surface area (Å²) < 4.78 is 5.68. The van der Waals surface area contributed by atoms with Crippen molar-refractivity contribution in [1.82, 2.24) is 4.90 Å². The van der Waals surface area contributed by atoms with Crippen molar-refractivity contribution in [2.75, 3.05) is 26.0 Å². The lowest BCUT2D eigenvalue weighted by Crippen LogP contribution is -3.00. The SMILES string of the molecule is CN(C)CC(=O)Nc1ccc(Oc2ccc(Cl)cc2)cc1.[Cl-]. The van der Waals surface area contributed by atoms with Gasteiger partial charge in [0.25, 0.3) is 0 Å². The van der Waals surface area contributed by atoms with E-state index in [1.807, 2.05) is 19.0 Å². The number of nitrogens with one attached hydrogen (secondary N) is 1. The van der Waals surface area contributed by atoms with Crippen LogP contribution in [0, 0.1) is 0 Å². The van der Waals surface area contributed by atoms with Gasteiger partial charge in [0.2, 0.25) is 5.91 Å². The molecule has 1 N–H and O–H groups in total. The van der Waals surface area contributed by atoms with Gasteiger partial charge >= 0.3 is 0 Å². The molecule has 0 saturated carbocycles. The molecule has 0 aliphatic carbocycles. The van der Waals surface area contributed by atoms with E-state index in [1.54, 1.807) is 48.5 Å². The van der Waals surface area contributed by atoms with Crippen molar-refractivity contribution in [3.8, 4) is 11.5 Å². The van der Waals surface area contributed by atoms with Crippen LogP contribution in [0.15, 0.2) is 48.5 Å². The number of amides is 1. The number of nitrogens with zero attached hydrogens (tertiary/aromatic N) is 1. The van der Waals surface area contributed by atoms with Crippen molar-refractivity contribution in [3.05, 3.63) is 53.6 Å². The highest BCUT2D eigenvalue weighted by Gasteiger charge is 2.04. The second-order valence-electron chi connectivity index (χ2n) is 4.87. The summed E-state index contributed by atoms with van der Waals surface area (Å²) in [6, 6.07) is 14.4. The molecule has 118 valence electrons. The van der Waals surface area contributed by atoms with Crippen LogP contribution in [0.1, 0.15) is 0 Å². The summed E-state index contributed by atoms with van der Waals surface area (Å²) in [5.41, 5.74) is 0.741. The second-order valence-corrected chi connectivity index (χ2v) is 5.30. The van der Waals surface area contributed by atoms with Crippen molar-refractivity contribution in [2.45, 2.75) is 0 Å². The van der Waals surface area contributed by atoms with Gasteiger partial charge in [0.15, 0.2) is 0 Å². The molecule has 0 bridgehead atoms. The largest absolute Gasteiger partial charge is 1.00 e. The Balaban J connectivity index is 0.00000242. The predicted molar refractivity (Wildman–Crippen MR) is 85.2 cm³/mol. The molecule has 0 fully saturated rings.